The highest BCUT2D eigenvalue weighted by atomic mass is 16.5. The Kier molecular flexibility index (Phi) is 5.21. The van der Waals surface area contributed by atoms with Crippen LogP contribution in [0.25, 0.3) is 0 Å². The van der Waals surface area contributed by atoms with Gasteiger partial charge in [-0.1, -0.05) is 29.4 Å². The highest BCUT2D eigenvalue weighted by Gasteiger charge is 2.41. The Bertz CT molecular complexity index is 1180. The molecule has 1 aliphatic carbocycles. The summed E-state index contributed by atoms with van der Waals surface area (Å²) in [4.78, 5) is 13.5. The number of rotatable bonds is 5. The normalized spacial score (nSPS) is 19.8. The fraction of sp³-hybridized carbons (Fsp3) is 0.308. The van der Waals surface area contributed by atoms with E-state index in [4.69, 9.17) is 14.0 Å². The summed E-state index contributed by atoms with van der Waals surface area (Å²) in [5, 5.41) is 7.57. The molecule has 2 aromatic carbocycles. The van der Waals surface area contributed by atoms with Crippen LogP contribution in [0.3, 0.4) is 0 Å². The van der Waals surface area contributed by atoms with Crippen molar-refractivity contribution >= 4 is 11.7 Å². The lowest BCUT2D eigenvalue weighted by Gasteiger charge is -2.34. The van der Waals surface area contributed by atoms with Gasteiger partial charge in [-0.3, -0.25) is 4.79 Å². The second-order valence-corrected chi connectivity index (χ2v) is 8.26. The summed E-state index contributed by atoms with van der Waals surface area (Å²) in [5.41, 5.74) is 5.63. The third kappa shape index (κ3) is 3.45. The third-order valence-corrected chi connectivity index (χ3v) is 6.37. The van der Waals surface area contributed by atoms with Crippen molar-refractivity contribution in [3.63, 3.8) is 0 Å². The van der Waals surface area contributed by atoms with Crippen molar-refractivity contribution in [2.24, 2.45) is 0 Å². The van der Waals surface area contributed by atoms with Crippen molar-refractivity contribution in [2.75, 3.05) is 19.0 Å². The largest absolute Gasteiger partial charge is 0.497 e. The minimum absolute atomic E-state index is 0.103. The van der Waals surface area contributed by atoms with Gasteiger partial charge in [-0.25, -0.2) is 0 Å². The van der Waals surface area contributed by atoms with Crippen LogP contribution in [0.1, 0.15) is 54.0 Å². The molecule has 1 aliphatic heterocycles. The summed E-state index contributed by atoms with van der Waals surface area (Å²) in [6, 6.07) is 15.9. The second-order valence-electron chi connectivity index (χ2n) is 8.26. The van der Waals surface area contributed by atoms with Crippen molar-refractivity contribution < 1.29 is 18.8 Å². The molecule has 1 N–H and O–H groups in total. The first kappa shape index (κ1) is 20.4. The zero-order valence-corrected chi connectivity index (χ0v) is 18.5. The van der Waals surface area contributed by atoms with Crippen LogP contribution in [0.5, 0.6) is 11.5 Å². The van der Waals surface area contributed by atoms with Crippen LogP contribution < -0.4 is 14.8 Å². The number of anilines is 1. The number of fused-ring (bicyclic) bond motifs is 1. The van der Waals surface area contributed by atoms with E-state index in [-0.39, 0.29) is 17.6 Å². The standard InChI is InChI=1S/C26H26N2O4/c1-4-31-20-11-7-17(8-12-20)24-23-15(2)28-32-26(23)27-21-13-18(14-22(29)25(21)24)16-5-9-19(30-3)10-6-16/h5-12,18,24,27H,4,13-14H2,1-3H3. The van der Waals surface area contributed by atoms with Gasteiger partial charge in [0, 0.05) is 23.6 Å². The van der Waals surface area contributed by atoms with Crippen LogP contribution in [-0.2, 0) is 4.79 Å². The summed E-state index contributed by atoms with van der Waals surface area (Å²) < 4.78 is 16.5. The molecule has 5 rings (SSSR count). The van der Waals surface area contributed by atoms with Gasteiger partial charge in [0.05, 0.1) is 25.0 Å². The lowest BCUT2D eigenvalue weighted by molar-refractivity contribution is -0.116. The number of ketones is 1. The van der Waals surface area contributed by atoms with Gasteiger partial charge in [0.15, 0.2) is 5.78 Å². The predicted octanol–water partition coefficient (Wildman–Crippen LogP) is 5.35. The van der Waals surface area contributed by atoms with E-state index < -0.39 is 0 Å². The van der Waals surface area contributed by atoms with E-state index in [2.05, 4.69) is 10.5 Å². The monoisotopic (exact) mass is 430 g/mol. The number of ether oxygens (including phenoxy) is 2. The maximum atomic E-state index is 13.5. The van der Waals surface area contributed by atoms with Crippen molar-refractivity contribution in [2.45, 2.75) is 38.5 Å². The number of aryl methyl sites for hydroxylation is 1. The summed E-state index contributed by atoms with van der Waals surface area (Å²) in [5.74, 6) is 2.31. The van der Waals surface area contributed by atoms with E-state index in [1.807, 2.05) is 62.4 Å². The molecule has 32 heavy (non-hydrogen) atoms. The molecule has 0 fully saturated rings. The predicted molar refractivity (Wildman–Crippen MR) is 121 cm³/mol. The summed E-state index contributed by atoms with van der Waals surface area (Å²) in [7, 11) is 1.65. The SMILES string of the molecule is CCOc1ccc(C2C3=C(CC(c4ccc(OC)cc4)CC3=O)Nc3onc(C)c32)cc1. The third-order valence-electron chi connectivity index (χ3n) is 6.37. The van der Waals surface area contributed by atoms with Gasteiger partial charge in [-0.05, 0) is 61.6 Å². The number of carbonyl (C=O) groups is 1. The molecule has 3 aromatic rings. The van der Waals surface area contributed by atoms with Crippen molar-refractivity contribution in [3.05, 3.63) is 82.2 Å². The molecule has 0 bridgehead atoms. The molecule has 2 unspecified atom stereocenters. The highest BCUT2D eigenvalue weighted by molar-refractivity contribution is 6.01. The first-order valence-corrected chi connectivity index (χ1v) is 10.9. The van der Waals surface area contributed by atoms with Gasteiger partial charge in [0.25, 0.3) is 0 Å². The van der Waals surface area contributed by atoms with Gasteiger partial charge in [0.1, 0.15) is 11.5 Å². The number of carbonyl (C=O) groups excluding carboxylic acids is 1. The number of aromatic nitrogens is 1. The molecule has 2 heterocycles. The number of benzene rings is 2. The molecule has 6 heteroatoms. The first-order chi connectivity index (χ1) is 15.6. The zero-order valence-electron chi connectivity index (χ0n) is 18.5. The molecule has 0 amide bonds. The van der Waals surface area contributed by atoms with Gasteiger partial charge in [-0.15, -0.1) is 0 Å². The van der Waals surface area contributed by atoms with Crippen molar-refractivity contribution in [1.82, 2.24) is 5.16 Å². The number of nitrogens with one attached hydrogen (secondary N) is 1. The summed E-state index contributed by atoms with van der Waals surface area (Å²) in [6.07, 6.45) is 1.21. The molecular formula is C26H26N2O4. The van der Waals surface area contributed by atoms with Crippen LogP contribution in [0.2, 0.25) is 0 Å². The Balaban J connectivity index is 1.54. The molecule has 2 atom stereocenters. The lowest BCUT2D eigenvalue weighted by atomic mass is 9.72. The summed E-state index contributed by atoms with van der Waals surface area (Å²) in [6.45, 7) is 4.50. The average molecular weight is 431 g/mol. The van der Waals surface area contributed by atoms with E-state index in [1.54, 1.807) is 7.11 Å². The van der Waals surface area contributed by atoms with E-state index in [0.29, 0.717) is 18.9 Å². The number of hydrogen-bond donors (Lipinski definition) is 1. The van der Waals surface area contributed by atoms with Gasteiger partial charge < -0.3 is 19.3 Å². The van der Waals surface area contributed by atoms with E-state index >= 15 is 0 Å². The molecule has 0 spiro atoms. The molecule has 164 valence electrons. The Hall–Kier alpha value is -3.54. The second kappa shape index (κ2) is 8.19. The van der Waals surface area contributed by atoms with Crippen LogP contribution in [0.15, 0.2) is 64.3 Å². The van der Waals surface area contributed by atoms with Crippen molar-refractivity contribution in [1.29, 1.82) is 0 Å². The number of Topliss-reactive ketones (excluding diaryl/α,β-unsaturated/α-hetero) is 1. The van der Waals surface area contributed by atoms with Crippen molar-refractivity contribution in [3.8, 4) is 11.5 Å². The number of nitrogens with zero attached hydrogens (tertiary/aromatic N) is 1. The van der Waals surface area contributed by atoms with Gasteiger partial charge in [-0.2, -0.15) is 0 Å². The van der Waals surface area contributed by atoms with Crippen LogP contribution in [-0.4, -0.2) is 24.7 Å². The lowest BCUT2D eigenvalue weighted by Crippen LogP contribution is -2.29. The van der Waals surface area contributed by atoms with E-state index in [9.17, 15) is 4.79 Å². The first-order valence-electron chi connectivity index (χ1n) is 10.9. The molecular weight excluding hydrogens is 404 g/mol. The molecule has 0 radical (unpaired) electrons. The summed E-state index contributed by atoms with van der Waals surface area (Å²) >= 11 is 0. The Morgan fingerprint density at radius 2 is 1.72 bits per heavy atom. The molecule has 6 nitrogen and oxygen atoms in total. The van der Waals surface area contributed by atoms with E-state index in [0.717, 1.165) is 51.6 Å². The number of allylic oxidation sites excluding steroid dienone is 2. The van der Waals surface area contributed by atoms with Crippen LogP contribution >= 0.6 is 0 Å². The van der Waals surface area contributed by atoms with Crippen LogP contribution in [0, 0.1) is 6.92 Å². The van der Waals surface area contributed by atoms with Gasteiger partial charge in [0.2, 0.25) is 5.88 Å². The quantitative estimate of drug-likeness (QED) is 0.588. The fourth-order valence-corrected chi connectivity index (χ4v) is 4.84. The maximum Gasteiger partial charge on any atom is 0.233 e. The topological polar surface area (TPSA) is 73.6 Å². The zero-order chi connectivity index (χ0) is 22.2. The highest BCUT2D eigenvalue weighted by Crippen LogP contribution is 2.49. The van der Waals surface area contributed by atoms with Gasteiger partial charge >= 0.3 is 0 Å². The molecule has 2 aliphatic rings. The Morgan fingerprint density at radius 1 is 1.03 bits per heavy atom. The molecule has 1 aromatic heterocycles. The smallest absolute Gasteiger partial charge is 0.233 e. The number of methoxy groups -OCH3 is 1. The minimum Gasteiger partial charge on any atom is -0.497 e. The number of hydrogen-bond acceptors (Lipinski definition) is 6. The Labute approximate surface area is 187 Å². The fourth-order valence-electron chi connectivity index (χ4n) is 4.84. The molecule has 0 saturated heterocycles. The average Bonchev–Trinajstić information content (AvgIpc) is 3.18. The van der Waals surface area contributed by atoms with E-state index in [1.165, 1.54) is 0 Å². The minimum atomic E-state index is -0.201. The Morgan fingerprint density at radius 3 is 2.41 bits per heavy atom. The maximum absolute atomic E-state index is 13.5. The van der Waals surface area contributed by atoms with Crippen LogP contribution in [0.4, 0.5) is 5.88 Å². The molecule has 0 saturated carbocycles.